The molecule has 0 N–H and O–H groups in total. The average Bonchev–Trinajstić information content (AvgIpc) is 3.51. The molecule has 0 spiro atoms. The minimum atomic E-state index is -0.0338. The van der Waals surface area contributed by atoms with E-state index in [4.69, 9.17) is 27.9 Å². The van der Waals surface area contributed by atoms with Crippen molar-refractivity contribution in [3.05, 3.63) is 76.7 Å². The molecule has 0 atom stereocenters. The van der Waals surface area contributed by atoms with E-state index in [1.807, 2.05) is 6.08 Å². The standard InChI is InChI=1S/C24H25Cl2N5O/c1-2-12-31-22(24(10-11-24)17-6-4-3-5-7-17)28-29-23(31)30-13-8-19(9-14-30)32-21-20(26)15-18(25)16-27-21/h2-7,15-16,19H,1,8-14H2. The number of rotatable bonds is 7. The lowest BCUT2D eigenvalue weighted by atomic mass is 9.95. The van der Waals surface area contributed by atoms with Crippen LogP contribution in [0.2, 0.25) is 10.0 Å². The van der Waals surface area contributed by atoms with Crippen molar-refractivity contribution in [1.29, 1.82) is 0 Å². The van der Waals surface area contributed by atoms with Crippen LogP contribution in [0.3, 0.4) is 0 Å². The zero-order valence-corrected chi connectivity index (χ0v) is 19.3. The Bertz CT molecular complexity index is 1100. The minimum absolute atomic E-state index is 0.0338. The smallest absolute Gasteiger partial charge is 0.232 e. The van der Waals surface area contributed by atoms with Crippen molar-refractivity contribution in [2.45, 2.75) is 43.7 Å². The number of aromatic nitrogens is 4. The molecule has 8 heteroatoms. The molecular formula is C24H25Cl2N5O. The number of benzene rings is 1. The van der Waals surface area contributed by atoms with Crippen LogP contribution in [0.15, 0.2) is 55.3 Å². The van der Waals surface area contributed by atoms with Gasteiger partial charge in [-0.15, -0.1) is 16.8 Å². The lowest BCUT2D eigenvalue weighted by Crippen LogP contribution is -2.40. The van der Waals surface area contributed by atoms with Crippen molar-refractivity contribution in [2.75, 3.05) is 18.0 Å². The summed E-state index contributed by atoms with van der Waals surface area (Å²) in [4.78, 5) is 6.51. The molecular weight excluding hydrogens is 445 g/mol. The highest BCUT2D eigenvalue weighted by Crippen LogP contribution is 2.53. The molecule has 0 bridgehead atoms. The lowest BCUT2D eigenvalue weighted by molar-refractivity contribution is 0.163. The van der Waals surface area contributed by atoms with Crippen LogP contribution in [0.25, 0.3) is 0 Å². The van der Waals surface area contributed by atoms with E-state index in [9.17, 15) is 0 Å². The number of halogens is 2. The van der Waals surface area contributed by atoms with Gasteiger partial charge < -0.3 is 9.64 Å². The molecule has 1 saturated heterocycles. The first-order valence-electron chi connectivity index (χ1n) is 10.9. The molecule has 2 fully saturated rings. The van der Waals surface area contributed by atoms with Crippen molar-refractivity contribution in [2.24, 2.45) is 0 Å². The van der Waals surface area contributed by atoms with Crippen LogP contribution in [-0.4, -0.2) is 38.9 Å². The Balaban J connectivity index is 1.32. The third-order valence-corrected chi connectivity index (χ3v) is 6.80. The topological polar surface area (TPSA) is 56.1 Å². The van der Waals surface area contributed by atoms with Gasteiger partial charge in [-0.25, -0.2) is 4.98 Å². The van der Waals surface area contributed by atoms with Gasteiger partial charge in [-0.1, -0.05) is 59.6 Å². The predicted molar refractivity (Wildman–Crippen MR) is 127 cm³/mol. The summed E-state index contributed by atoms with van der Waals surface area (Å²) in [6.07, 6.45) is 7.40. The van der Waals surface area contributed by atoms with E-state index in [1.54, 1.807) is 12.3 Å². The summed E-state index contributed by atoms with van der Waals surface area (Å²) in [6, 6.07) is 12.3. The maximum Gasteiger partial charge on any atom is 0.232 e. The largest absolute Gasteiger partial charge is 0.473 e. The summed E-state index contributed by atoms with van der Waals surface area (Å²) < 4.78 is 8.27. The summed E-state index contributed by atoms with van der Waals surface area (Å²) in [5.41, 5.74) is 1.28. The van der Waals surface area contributed by atoms with Crippen LogP contribution in [-0.2, 0) is 12.0 Å². The molecule has 1 aromatic carbocycles. The molecule has 0 unspecified atom stereocenters. The highest BCUT2D eigenvalue weighted by atomic mass is 35.5. The molecule has 3 aromatic rings. The van der Waals surface area contributed by atoms with Gasteiger partial charge in [-0.05, 0) is 24.5 Å². The molecule has 32 heavy (non-hydrogen) atoms. The summed E-state index contributed by atoms with van der Waals surface area (Å²) in [5, 5.41) is 10.2. The van der Waals surface area contributed by atoms with Gasteiger partial charge in [0.1, 0.15) is 17.0 Å². The summed E-state index contributed by atoms with van der Waals surface area (Å²) in [6.45, 7) is 6.30. The van der Waals surface area contributed by atoms with Gasteiger partial charge in [0.05, 0.1) is 10.4 Å². The average molecular weight is 470 g/mol. The predicted octanol–water partition coefficient (Wildman–Crippen LogP) is 5.29. The fourth-order valence-electron chi connectivity index (χ4n) is 4.52. The first-order valence-corrected chi connectivity index (χ1v) is 11.7. The molecule has 3 heterocycles. The monoisotopic (exact) mass is 469 g/mol. The van der Waals surface area contributed by atoms with Crippen molar-refractivity contribution in [3.8, 4) is 5.88 Å². The molecule has 2 aliphatic rings. The number of piperidine rings is 1. The van der Waals surface area contributed by atoms with E-state index in [1.165, 1.54) is 5.56 Å². The molecule has 5 rings (SSSR count). The number of anilines is 1. The van der Waals surface area contributed by atoms with Crippen molar-refractivity contribution < 1.29 is 4.74 Å². The van der Waals surface area contributed by atoms with E-state index in [-0.39, 0.29) is 11.5 Å². The van der Waals surface area contributed by atoms with Gasteiger partial charge in [-0.3, -0.25) is 4.57 Å². The maximum atomic E-state index is 6.22. The molecule has 0 radical (unpaired) electrons. The van der Waals surface area contributed by atoms with Crippen molar-refractivity contribution >= 4 is 29.2 Å². The van der Waals surface area contributed by atoms with E-state index < -0.39 is 0 Å². The first kappa shape index (κ1) is 21.3. The zero-order valence-electron chi connectivity index (χ0n) is 17.8. The summed E-state index contributed by atoms with van der Waals surface area (Å²) in [7, 11) is 0. The molecule has 1 saturated carbocycles. The summed E-state index contributed by atoms with van der Waals surface area (Å²) >= 11 is 12.2. The summed E-state index contributed by atoms with van der Waals surface area (Å²) in [5.74, 6) is 2.38. The van der Waals surface area contributed by atoms with Crippen LogP contribution < -0.4 is 9.64 Å². The Morgan fingerprint density at radius 2 is 1.88 bits per heavy atom. The van der Waals surface area contributed by atoms with E-state index in [0.29, 0.717) is 22.5 Å². The quantitative estimate of drug-likeness (QED) is 0.439. The van der Waals surface area contributed by atoms with Crippen LogP contribution in [0.5, 0.6) is 5.88 Å². The third kappa shape index (κ3) is 3.97. The van der Waals surface area contributed by atoms with Gasteiger partial charge in [0.2, 0.25) is 11.8 Å². The highest BCUT2D eigenvalue weighted by Gasteiger charge is 2.50. The van der Waals surface area contributed by atoms with E-state index in [2.05, 4.69) is 61.6 Å². The number of hydrogen-bond donors (Lipinski definition) is 0. The number of nitrogens with zero attached hydrogens (tertiary/aromatic N) is 5. The molecule has 1 aliphatic carbocycles. The van der Waals surface area contributed by atoms with Crippen molar-refractivity contribution in [1.82, 2.24) is 19.7 Å². The number of allylic oxidation sites excluding steroid dienone is 1. The van der Waals surface area contributed by atoms with Gasteiger partial charge in [0.15, 0.2) is 0 Å². The van der Waals surface area contributed by atoms with E-state index in [0.717, 1.165) is 50.5 Å². The number of pyridine rings is 1. The minimum Gasteiger partial charge on any atom is -0.473 e. The second-order valence-corrected chi connectivity index (χ2v) is 9.26. The first-order chi connectivity index (χ1) is 15.6. The normalized spacial score (nSPS) is 17.9. The number of ether oxygens (including phenoxy) is 1. The molecule has 166 valence electrons. The Morgan fingerprint density at radius 3 is 2.53 bits per heavy atom. The Hall–Kier alpha value is -2.57. The van der Waals surface area contributed by atoms with Gasteiger partial charge >= 0.3 is 0 Å². The lowest BCUT2D eigenvalue weighted by Gasteiger charge is -2.33. The van der Waals surface area contributed by atoms with Crippen LogP contribution in [0, 0.1) is 0 Å². The SMILES string of the molecule is C=CCn1c(N2CCC(Oc3ncc(Cl)cc3Cl)CC2)nnc1C1(c2ccccc2)CC1. The fourth-order valence-corrected chi connectivity index (χ4v) is 4.95. The Labute approximate surface area is 197 Å². The highest BCUT2D eigenvalue weighted by molar-refractivity contribution is 6.35. The Morgan fingerprint density at radius 1 is 1.12 bits per heavy atom. The van der Waals surface area contributed by atoms with Crippen LogP contribution in [0.4, 0.5) is 5.95 Å². The van der Waals surface area contributed by atoms with Gasteiger partial charge in [-0.2, -0.15) is 0 Å². The third-order valence-electron chi connectivity index (χ3n) is 6.32. The second kappa shape index (κ2) is 8.75. The second-order valence-electron chi connectivity index (χ2n) is 8.42. The van der Waals surface area contributed by atoms with Crippen LogP contribution >= 0.6 is 23.2 Å². The molecule has 1 aliphatic heterocycles. The maximum absolute atomic E-state index is 6.22. The fraction of sp³-hybridized carbons (Fsp3) is 0.375. The van der Waals surface area contributed by atoms with Crippen molar-refractivity contribution in [3.63, 3.8) is 0 Å². The van der Waals surface area contributed by atoms with E-state index >= 15 is 0 Å². The van der Waals surface area contributed by atoms with Gasteiger partial charge in [0.25, 0.3) is 0 Å². The Kier molecular flexibility index (Phi) is 5.82. The molecule has 6 nitrogen and oxygen atoms in total. The molecule has 0 amide bonds. The number of hydrogen-bond acceptors (Lipinski definition) is 5. The van der Waals surface area contributed by atoms with Gasteiger partial charge in [0, 0.05) is 38.7 Å². The molecule has 2 aromatic heterocycles. The van der Waals surface area contributed by atoms with Crippen LogP contribution in [0.1, 0.15) is 37.1 Å². The zero-order chi connectivity index (χ0) is 22.1.